The van der Waals surface area contributed by atoms with E-state index >= 15 is 0 Å². The zero-order chi connectivity index (χ0) is 13.7. The van der Waals surface area contributed by atoms with Crippen LogP contribution in [-0.4, -0.2) is 29.5 Å². The number of benzene rings is 1. The van der Waals surface area contributed by atoms with Crippen molar-refractivity contribution in [1.29, 1.82) is 0 Å². The fourth-order valence-corrected chi connectivity index (χ4v) is 1.64. The highest BCUT2D eigenvalue weighted by molar-refractivity contribution is 5.57. The smallest absolute Gasteiger partial charge is 0.247 e. The quantitative estimate of drug-likeness (QED) is 0.866. The van der Waals surface area contributed by atoms with Crippen LogP contribution in [0.5, 0.6) is 0 Å². The lowest BCUT2D eigenvalue weighted by Crippen LogP contribution is -2.25. The summed E-state index contributed by atoms with van der Waals surface area (Å²) in [6.45, 7) is 5.02. The van der Waals surface area contributed by atoms with Crippen molar-refractivity contribution in [3.05, 3.63) is 30.7 Å². The predicted octanol–water partition coefficient (Wildman–Crippen LogP) is 2.96. The van der Waals surface area contributed by atoms with Crippen LogP contribution in [0.1, 0.15) is 20.3 Å². The van der Waals surface area contributed by atoms with Crippen molar-refractivity contribution in [1.82, 2.24) is 10.2 Å². The van der Waals surface area contributed by atoms with Gasteiger partial charge in [0.15, 0.2) is 0 Å². The van der Waals surface area contributed by atoms with Crippen LogP contribution in [0.15, 0.2) is 35.1 Å². The summed E-state index contributed by atoms with van der Waals surface area (Å²) in [6, 6.07) is 7.91. The van der Waals surface area contributed by atoms with Crippen molar-refractivity contribution in [2.75, 3.05) is 19.0 Å². The maximum absolute atomic E-state index is 5.38. The normalized spacial score (nSPS) is 11.5. The molecule has 19 heavy (non-hydrogen) atoms. The molecule has 1 aromatic heterocycles. The van der Waals surface area contributed by atoms with Crippen molar-refractivity contribution >= 4 is 5.69 Å². The summed E-state index contributed by atoms with van der Waals surface area (Å²) in [5.74, 6) is 0.534. The Balaban J connectivity index is 1.89. The number of hydrogen-bond acceptors (Lipinski definition) is 5. The molecule has 0 saturated heterocycles. The van der Waals surface area contributed by atoms with Crippen LogP contribution in [-0.2, 0) is 4.74 Å². The minimum absolute atomic E-state index is 0.100. The molecular weight excluding hydrogens is 242 g/mol. The second kappa shape index (κ2) is 5.84. The lowest BCUT2D eigenvalue weighted by molar-refractivity contribution is 0.0185. The molecule has 0 atom stereocenters. The van der Waals surface area contributed by atoms with Crippen LogP contribution in [0.3, 0.4) is 0 Å². The first-order valence-corrected chi connectivity index (χ1v) is 6.26. The highest BCUT2D eigenvalue weighted by Gasteiger charge is 2.15. The third-order valence-corrected chi connectivity index (χ3v) is 3.10. The number of nitrogens with one attached hydrogen (secondary N) is 1. The highest BCUT2D eigenvalue weighted by atomic mass is 16.5. The van der Waals surface area contributed by atoms with Gasteiger partial charge in [0.1, 0.15) is 0 Å². The Kier molecular flexibility index (Phi) is 4.16. The van der Waals surface area contributed by atoms with Crippen molar-refractivity contribution in [2.45, 2.75) is 25.9 Å². The zero-order valence-electron chi connectivity index (χ0n) is 11.5. The molecule has 0 unspecified atom stereocenters. The average molecular weight is 261 g/mol. The summed E-state index contributed by atoms with van der Waals surface area (Å²) in [7, 11) is 1.74. The first-order valence-electron chi connectivity index (χ1n) is 6.26. The lowest BCUT2D eigenvalue weighted by Gasteiger charge is -2.23. The molecule has 0 radical (unpaired) electrons. The minimum atomic E-state index is -0.100. The second-order valence-electron chi connectivity index (χ2n) is 4.96. The highest BCUT2D eigenvalue weighted by Crippen LogP contribution is 2.19. The molecule has 2 aromatic rings. The van der Waals surface area contributed by atoms with Crippen LogP contribution in [0, 0.1) is 0 Å². The van der Waals surface area contributed by atoms with Gasteiger partial charge in [0.05, 0.1) is 5.60 Å². The van der Waals surface area contributed by atoms with E-state index in [0.717, 1.165) is 24.2 Å². The molecule has 0 fully saturated rings. The van der Waals surface area contributed by atoms with Crippen LogP contribution in [0.4, 0.5) is 5.69 Å². The van der Waals surface area contributed by atoms with Crippen LogP contribution in [0.2, 0.25) is 0 Å². The Morgan fingerprint density at radius 1 is 1.26 bits per heavy atom. The third-order valence-electron chi connectivity index (χ3n) is 3.10. The number of ether oxygens (including phenoxy) is 1. The molecule has 1 N–H and O–H groups in total. The average Bonchev–Trinajstić information content (AvgIpc) is 2.93. The molecule has 5 nitrogen and oxygen atoms in total. The predicted molar refractivity (Wildman–Crippen MR) is 73.9 cm³/mol. The van der Waals surface area contributed by atoms with Gasteiger partial charge in [-0.2, -0.15) is 0 Å². The largest absolute Gasteiger partial charge is 0.423 e. The first-order chi connectivity index (χ1) is 9.11. The number of hydrogen-bond donors (Lipinski definition) is 1. The molecule has 0 amide bonds. The Morgan fingerprint density at radius 2 is 2.00 bits per heavy atom. The van der Waals surface area contributed by atoms with Crippen molar-refractivity contribution in [2.24, 2.45) is 0 Å². The van der Waals surface area contributed by atoms with Crippen LogP contribution in [0.25, 0.3) is 11.5 Å². The monoisotopic (exact) mass is 261 g/mol. The van der Waals surface area contributed by atoms with Crippen molar-refractivity contribution in [3.63, 3.8) is 0 Å². The molecule has 0 spiro atoms. The van der Waals surface area contributed by atoms with Gasteiger partial charge in [0, 0.05) is 24.9 Å². The molecule has 0 bridgehead atoms. The van der Waals surface area contributed by atoms with Gasteiger partial charge < -0.3 is 14.5 Å². The molecule has 0 aliphatic carbocycles. The SMILES string of the molecule is COC(C)(C)CCNc1ccc(-c2nnco2)cc1. The molecule has 0 aliphatic heterocycles. The van der Waals surface area contributed by atoms with Gasteiger partial charge in [-0.15, -0.1) is 10.2 Å². The van der Waals surface area contributed by atoms with Gasteiger partial charge in [0.25, 0.3) is 0 Å². The summed E-state index contributed by atoms with van der Waals surface area (Å²) >= 11 is 0. The molecule has 1 heterocycles. The van der Waals surface area contributed by atoms with Gasteiger partial charge in [-0.1, -0.05) is 0 Å². The molecule has 0 aliphatic rings. The Hall–Kier alpha value is -1.88. The van der Waals surface area contributed by atoms with Crippen molar-refractivity contribution in [3.8, 4) is 11.5 Å². The number of nitrogens with zero attached hydrogens (tertiary/aromatic N) is 2. The molecule has 0 saturated carbocycles. The van der Waals surface area contributed by atoms with E-state index in [1.54, 1.807) is 7.11 Å². The van der Waals surface area contributed by atoms with E-state index < -0.39 is 0 Å². The lowest BCUT2D eigenvalue weighted by atomic mass is 10.1. The van der Waals surface area contributed by atoms with Gasteiger partial charge in [0.2, 0.25) is 12.3 Å². The van der Waals surface area contributed by atoms with Gasteiger partial charge >= 0.3 is 0 Å². The van der Waals surface area contributed by atoms with E-state index in [1.807, 2.05) is 24.3 Å². The molecule has 2 rings (SSSR count). The van der Waals surface area contributed by atoms with Crippen molar-refractivity contribution < 1.29 is 9.15 Å². The van der Waals surface area contributed by atoms with Gasteiger partial charge in [-0.05, 0) is 44.5 Å². The summed E-state index contributed by atoms with van der Waals surface area (Å²) in [4.78, 5) is 0. The third kappa shape index (κ3) is 3.79. The first kappa shape index (κ1) is 13.5. The summed E-state index contributed by atoms with van der Waals surface area (Å²) < 4.78 is 10.5. The fourth-order valence-electron chi connectivity index (χ4n) is 1.64. The topological polar surface area (TPSA) is 60.2 Å². The summed E-state index contributed by atoms with van der Waals surface area (Å²) in [5, 5.41) is 10.9. The molecule has 5 heteroatoms. The van der Waals surface area contributed by atoms with E-state index in [-0.39, 0.29) is 5.60 Å². The minimum Gasteiger partial charge on any atom is -0.423 e. The number of methoxy groups -OCH3 is 1. The standard InChI is InChI=1S/C14H19N3O2/c1-14(2,18-3)8-9-15-12-6-4-11(5-7-12)13-17-16-10-19-13/h4-7,10,15H,8-9H2,1-3H3. The van der Waals surface area contributed by atoms with Crippen LogP contribution < -0.4 is 5.32 Å². The molecular formula is C14H19N3O2. The zero-order valence-corrected chi connectivity index (χ0v) is 11.5. The van der Waals surface area contributed by atoms with E-state index in [4.69, 9.17) is 9.15 Å². The number of anilines is 1. The Labute approximate surface area is 113 Å². The Bertz CT molecular complexity index is 492. The van der Waals surface area contributed by atoms with E-state index in [9.17, 15) is 0 Å². The van der Waals surface area contributed by atoms with E-state index in [2.05, 4.69) is 29.4 Å². The fraction of sp³-hybridized carbons (Fsp3) is 0.429. The maximum Gasteiger partial charge on any atom is 0.247 e. The summed E-state index contributed by atoms with van der Waals surface area (Å²) in [6.07, 6.45) is 2.27. The second-order valence-corrected chi connectivity index (χ2v) is 4.96. The van der Waals surface area contributed by atoms with E-state index in [0.29, 0.717) is 5.89 Å². The summed E-state index contributed by atoms with van der Waals surface area (Å²) in [5.41, 5.74) is 1.88. The number of rotatable bonds is 6. The number of aromatic nitrogens is 2. The Morgan fingerprint density at radius 3 is 2.58 bits per heavy atom. The maximum atomic E-state index is 5.38. The molecule has 1 aromatic carbocycles. The van der Waals surface area contributed by atoms with Crippen LogP contribution >= 0.6 is 0 Å². The van der Waals surface area contributed by atoms with Gasteiger partial charge in [-0.25, -0.2) is 0 Å². The van der Waals surface area contributed by atoms with E-state index in [1.165, 1.54) is 6.39 Å². The van der Waals surface area contributed by atoms with Gasteiger partial charge in [-0.3, -0.25) is 0 Å². The molecule has 102 valence electrons.